The van der Waals surface area contributed by atoms with Gasteiger partial charge in [0.25, 0.3) is 0 Å². The van der Waals surface area contributed by atoms with Crippen LogP contribution in [0.1, 0.15) is 29.8 Å². The van der Waals surface area contributed by atoms with Crippen LogP contribution in [0.2, 0.25) is 0 Å². The molecule has 2 rings (SSSR count). The molecule has 0 aliphatic heterocycles. The second-order valence-electron chi connectivity index (χ2n) is 6.38. The normalized spacial score (nSPS) is 11.0. The highest BCUT2D eigenvalue weighted by molar-refractivity contribution is 14.0. The molecule has 7 heteroatoms. The number of hydrogen-bond acceptors (Lipinski definition) is 3. The van der Waals surface area contributed by atoms with Gasteiger partial charge in [-0.15, -0.1) is 24.0 Å². The first-order valence-corrected chi connectivity index (χ1v) is 9.21. The third-order valence-electron chi connectivity index (χ3n) is 4.23. The lowest BCUT2D eigenvalue weighted by atomic mass is 10.1. The van der Waals surface area contributed by atoms with E-state index in [0.29, 0.717) is 0 Å². The van der Waals surface area contributed by atoms with Crippen LogP contribution in [0.25, 0.3) is 0 Å². The quantitative estimate of drug-likeness (QED) is 0.248. The number of benzene rings is 1. The SMILES string of the molecule is CN=C(NCCCc1cccc(OC)c1)NCCCn1nc(C)cc1C.I. The first kappa shape index (κ1) is 23.3. The molecule has 150 valence electrons. The molecule has 27 heavy (non-hydrogen) atoms. The molecule has 0 unspecified atom stereocenters. The summed E-state index contributed by atoms with van der Waals surface area (Å²) in [5.74, 6) is 1.76. The summed E-state index contributed by atoms with van der Waals surface area (Å²) in [7, 11) is 3.50. The van der Waals surface area contributed by atoms with Crippen LogP contribution in [0.5, 0.6) is 5.75 Å². The first-order valence-electron chi connectivity index (χ1n) is 9.21. The maximum atomic E-state index is 5.26. The number of ether oxygens (including phenoxy) is 1. The summed E-state index contributed by atoms with van der Waals surface area (Å²) in [6, 6.07) is 10.3. The van der Waals surface area contributed by atoms with Gasteiger partial charge in [0.1, 0.15) is 5.75 Å². The summed E-state index contributed by atoms with van der Waals surface area (Å²) in [6.07, 6.45) is 3.06. The Kier molecular flexibility index (Phi) is 10.8. The van der Waals surface area contributed by atoms with Crippen molar-refractivity contribution in [1.82, 2.24) is 20.4 Å². The first-order chi connectivity index (χ1) is 12.6. The molecule has 0 aliphatic carbocycles. The largest absolute Gasteiger partial charge is 0.497 e. The molecule has 0 saturated carbocycles. The smallest absolute Gasteiger partial charge is 0.190 e. The third-order valence-corrected chi connectivity index (χ3v) is 4.23. The second-order valence-corrected chi connectivity index (χ2v) is 6.38. The minimum absolute atomic E-state index is 0. The van der Waals surface area contributed by atoms with E-state index in [1.807, 2.05) is 19.1 Å². The molecule has 0 saturated heterocycles. The molecule has 0 bridgehead atoms. The maximum Gasteiger partial charge on any atom is 0.190 e. The van der Waals surface area contributed by atoms with E-state index in [2.05, 4.69) is 50.5 Å². The lowest BCUT2D eigenvalue weighted by molar-refractivity contribution is 0.414. The van der Waals surface area contributed by atoms with Crippen molar-refractivity contribution < 1.29 is 4.74 Å². The Hall–Kier alpha value is -1.77. The zero-order valence-corrected chi connectivity index (χ0v) is 19.1. The van der Waals surface area contributed by atoms with Crippen LogP contribution in [-0.4, -0.2) is 43.0 Å². The van der Waals surface area contributed by atoms with E-state index in [4.69, 9.17) is 4.74 Å². The standard InChI is InChI=1S/C20H31N5O.HI/c1-16-14-17(2)25(24-16)13-7-12-23-20(21-3)22-11-6-9-18-8-5-10-19(15-18)26-4;/h5,8,10,14-15H,6-7,9,11-13H2,1-4H3,(H2,21,22,23);1H. The maximum absolute atomic E-state index is 5.26. The van der Waals surface area contributed by atoms with Crippen LogP contribution in [0.15, 0.2) is 35.3 Å². The molecule has 2 aromatic rings. The third kappa shape index (κ3) is 8.19. The van der Waals surface area contributed by atoms with Crippen molar-refractivity contribution in [2.45, 2.75) is 39.7 Å². The van der Waals surface area contributed by atoms with Gasteiger partial charge in [0.2, 0.25) is 0 Å². The van der Waals surface area contributed by atoms with Gasteiger partial charge in [-0.25, -0.2) is 0 Å². The molecular weight excluding hydrogens is 453 g/mol. The summed E-state index contributed by atoms with van der Waals surface area (Å²) in [4.78, 5) is 4.28. The van der Waals surface area contributed by atoms with Crippen molar-refractivity contribution in [2.24, 2.45) is 4.99 Å². The molecule has 0 fully saturated rings. The number of aliphatic imine (C=N–C) groups is 1. The van der Waals surface area contributed by atoms with Gasteiger partial charge >= 0.3 is 0 Å². The van der Waals surface area contributed by atoms with E-state index in [1.54, 1.807) is 14.2 Å². The topological polar surface area (TPSA) is 63.5 Å². The van der Waals surface area contributed by atoms with Crippen LogP contribution in [0.4, 0.5) is 0 Å². The Morgan fingerprint density at radius 1 is 1.15 bits per heavy atom. The number of guanidine groups is 1. The van der Waals surface area contributed by atoms with E-state index in [1.165, 1.54) is 11.3 Å². The van der Waals surface area contributed by atoms with Crippen molar-refractivity contribution in [3.8, 4) is 5.75 Å². The Balaban J connectivity index is 0.00000364. The van der Waals surface area contributed by atoms with Crippen LogP contribution in [-0.2, 0) is 13.0 Å². The lowest BCUT2D eigenvalue weighted by Gasteiger charge is -2.12. The van der Waals surface area contributed by atoms with Gasteiger partial charge in [0, 0.05) is 32.4 Å². The van der Waals surface area contributed by atoms with Gasteiger partial charge in [-0.3, -0.25) is 9.67 Å². The molecule has 0 atom stereocenters. The van der Waals surface area contributed by atoms with E-state index < -0.39 is 0 Å². The fraction of sp³-hybridized carbons (Fsp3) is 0.500. The zero-order chi connectivity index (χ0) is 18.8. The van der Waals surface area contributed by atoms with Gasteiger partial charge in [-0.05, 0) is 56.9 Å². The van der Waals surface area contributed by atoms with Crippen molar-refractivity contribution in [3.05, 3.63) is 47.3 Å². The van der Waals surface area contributed by atoms with Crippen molar-refractivity contribution in [2.75, 3.05) is 27.2 Å². The highest BCUT2D eigenvalue weighted by Gasteiger charge is 2.02. The van der Waals surface area contributed by atoms with E-state index in [9.17, 15) is 0 Å². The predicted molar refractivity (Wildman–Crippen MR) is 122 cm³/mol. The van der Waals surface area contributed by atoms with E-state index in [0.717, 1.165) is 56.3 Å². The Labute approximate surface area is 179 Å². The fourth-order valence-corrected chi connectivity index (χ4v) is 2.88. The number of nitrogens with zero attached hydrogens (tertiary/aromatic N) is 3. The van der Waals surface area contributed by atoms with Gasteiger partial charge in [0.15, 0.2) is 5.96 Å². The van der Waals surface area contributed by atoms with Crippen LogP contribution < -0.4 is 15.4 Å². The Morgan fingerprint density at radius 3 is 2.52 bits per heavy atom. The molecule has 6 nitrogen and oxygen atoms in total. The lowest BCUT2D eigenvalue weighted by Crippen LogP contribution is -2.38. The van der Waals surface area contributed by atoms with Crippen LogP contribution in [0, 0.1) is 13.8 Å². The van der Waals surface area contributed by atoms with E-state index in [-0.39, 0.29) is 24.0 Å². The summed E-state index contributed by atoms with van der Waals surface area (Å²) in [6.45, 7) is 6.79. The molecule has 0 radical (unpaired) electrons. The van der Waals surface area contributed by atoms with Gasteiger partial charge in [-0.1, -0.05) is 12.1 Å². The average molecular weight is 485 g/mol. The van der Waals surface area contributed by atoms with Gasteiger partial charge < -0.3 is 15.4 Å². The number of rotatable bonds is 9. The summed E-state index contributed by atoms with van der Waals surface area (Å²) < 4.78 is 7.32. The van der Waals surface area contributed by atoms with Gasteiger partial charge in [-0.2, -0.15) is 5.10 Å². The molecule has 1 heterocycles. The van der Waals surface area contributed by atoms with Crippen molar-refractivity contribution in [3.63, 3.8) is 0 Å². The number of aromatic nitrogens is 2. The number of nitrogens with one attached hydrogen (secondary N) is 2. The Bertz CT molecular complexity index is 714. The summed E-state index contributed by atoms with van der Waals surface area (Å²) in [5, 5.41) is 11.2. The second kappa shape index (κ2) is 12.6. The predicted octanol–water partition coefficient (Wildman–Crippen LogP) is 3.31. The number of hydrogen-bond donors (Lipinski definition) is 2. The highest BCUT2D eigenvalue weighted by atomic mass is 127. The minimum Gasteiger partial charge on any atom is -0.497 e. The highest BCUT2D eigenvalue weighted by Crippen LogP contribution is 2.13. The number of halogens is 1. The molecule has 1 aromatic carbocycles. The monoisotopic (exact) mass is 485 g/mol. The molecule has 0 amide bonds. The van der Waals surface area contributed by atoms with Crippen molar-refractivity contribution in [1.29, 1.82) is 0 Å². The molecule has 0 spiro atoms. The van der Waals surface area contributed by atoms with Crippen LogP contribution in [0.3, 0.4) is 0 Å². The molecule has 1 aromatic heterocycles. The minimum atomic E-state index is 0. The zero-order valence-electron chi connectivity index (χ0n) is 16.8. The number of methoxy groups -OCH3 is 1. The number of aryl methyl sites for hydroxylation is 4. The van der Waals surface area contributed by atoms with Crippen LogP contribution >= 0.6 is 24.0 Å². The fourth-order valence-electron chi connectivity index (χ4n) is 2.88. The Morgan fingerprint density at radius 2 is 1.89 bits per heavy atom. The van der Waals surface area contributed by atoms with E-state index >= 15 is 0 Å². The summed E-state index contributed by atoms with van der Waals surface area (Å²) >= 11 is 0. The van der Waals surface area contributed by atoms with Gasteiger partial charge in [0.05, 0.1) is 12.8 Å². The molecular formula is C20H32IN5O. The van der Waals surface area contributed by atoms with Crippen molar-refractivity contribution >= 4 is 29.9 Å². The summed E-state index contributed by atoms with van der Waals surface area (Å²) in [5.41, 5.74) is 3.57. The molecule has 2 N–H and O–H groups in total. The average Bonchev–Trinajstić information content (AvgIpc) is 2.97. The molecule has 0 aliphatic rings.